The summed E-state index contributed by atoms with van der Waals surface area (Å²) in [7, 11) is 0. The van der Waals surface area contributed by atoms with Gasteiger partial charge >= 0.3 is 0 Å². The van der Waals surface area contributed by atoms with Crippen LogP contribution in [0.5, 0.6) is 0 Å². The van der Waals surface area contributed by atoms with E-state index in [1.165, 1.54) is 193 Å². The van der Waals surface area contributed by atoms with Crippen LogP contribution in [0.1, 0.15) is 74.9 Å². The Labute approximate surface area is 797 Å². The van der Waals surface area contributed by atoms with Crippen molar-refractivity contribution in [1.29, 1.82) is 0 Å². The summed E-state index contributed by atoms with van der Waals surface area (Å²) in [4.78, 5) is 11.4. The van der Waals surface area contributed by atoms with Crippen molar-refractivity contribution in [3.8, 4) is 140 Å². The summed E-state index contributed by atoms with van der Waals surface area (Å²) in [6, 6.07) is 158. The van der Waals surface area contributed by atoms with Gasteiger partial charge in [0.15, 0.2) is 5.82 Å². The van der Waals surface area contributed by atoms with Crippen molar-refractivity contribution < 1.29 is 0 Å². The van der Waals surface area contributed by atoms with Crippen LogP contribution in [0.4, 0.5) is 0 Å². The fourth-order valence-electron chi connectivity index (χ4n) is 25.4. The van der Waals surface area contributed by atoms with Crippen molar-refractivity contribution in [3.63, 3.8) is 0 Å². The lowest BCUT2D eigenvalue weighted by Crippen LogP contribution is -2.15. The average Bonchev–Trinajstić information content (AvgIpc) is 1.57. The highest BCUT2D eigenvalue weighted by Crippen LogP contribution is 2.57. The Morgan fingerprint density at radius 1 is 0.174 bits per heavy atom. The van der Waals surface area contributed by atoms with Gasteiger partial charge in [0, 0.05) is 121 Å². The molecule has 646 valence electrons. The number of nitrogens with zero attached hydrogens (tertiary/aromatic N) is 7. The van der Waals surface area contributed by atoms with Crippen LogP contribution in [-0.2, 0) is 16.2 Å². The van der Waals surface area contributed by atoms with Crippen molar-refractivity contribution in [1.82, 2.24) is 32.8 Å². The van der Waals surface area contributed by atoms with Crippen LogP contribution >= 0.6 is 0 Å². The number of hydrogen-bond acceptors (Lipinski definition) is 2. The molecule has 0 unspecified atom stereocenters. The molecular weight excluding hydrogens is 1670 g/mol. The molecule has 7 heteroatoms. The lowest BCUT2D eigenvalue weighted by Gasteiger charge is -2.22. The molecule has 26 aromatic rings. The first-order valence-electron chi connectivity index (χ1n) is 48.3. The molecule has 0 amide bonds. The summed E-state index contributed by atoms with van der Waals surface area (Å²) in [5.41, 5.74) is 47.2. The number of fused-ring (bicyclic) bond motifs is 27. The van der Waals surface area contributed by atoms with Gasteiger partial charge in [-0.1, -0.05) is 290 Å². The Morgan fingerprint density at radius 3 is 0.775 bits per heavy atom. The maximum Gasteiger partial charge on any atom is 0.160 e. The lowest BCUT2D eigenvalue weighted by molar-refractivity contribution is 0.660. The minimum absolute atomic E-state index is 0.110. The molecule has 0 fully saturated rings. The molecule has 0 radical (unpaired) electrons. The minimum atomic E-state index is -0.134. The van der Waals surface area contributed by atoms with E-state index in [4.69, 9.17) is 9.97 Å². The second kappa shape index (κ2) is 28.0. The second-order valence-corrected chi connectivity index (χ2v) is 40.3. The summed E-state index contributed by atoms with van der Waals surface area (Å²) < 4.78 is 12.3. The molecule has 6 heterocycles. The molecule has 4 aliphatic rings. The van der Waals surface area contributed by atoms with Crippen molar-refractivity contribution in [2.45, 2.75) is 57.8 Å². The van der Waals surface area contributed by atoms with E-state index in [0.717, 1.165) is 94.9 Å². The van der Waals surface area contributed by atoms with E-state index in [9.17, 15) is 0 Å². The van der Waals surface area contributed by atoms with E-state index in [0.29, 0.717) is 5.82 Å². The van der Waals surface area contributed by atoms with Gasteiger partial charge < -0.3 is 22.8 Å². The van der Waals surface area contributed by atoms with E-state index in [2.05, 4.69) is 483 Å². The predicted octanol–water partition coefficient (Wildman–Crippen LogP) is 34.0. The Hall–Kier alpha value is -17.3. The smallest absolute Gasteiger partial charge is 0.160 e. The third kappa shape index (κ3) is 10.7. The maximum atomic E-state index is 5.76. The molecule has 7 nitrogen and oxygen atoms in total. The van der Waals surface area contributed by atoms with Gasteiger partial charge in [0.05, 0.1) is 66.6 Å². The van der Waals surface area contributed by atoms with Crippen molar-refractivity contribution in [3.05, 3.63) is 452 Å². The predicted molar refractivity (Wildman–Crippen MR) is 576 cm³/mol. The molecule has 0 saturated carbocycles. The normalized spacial score (nSPS) is 13.9. The zero-order chi connectivity index (χ0) is 91.2. The van der Waals surface area contributed by atoms with Crippen molar-refractivity contribution >= 4 is 120 Å². The summed E-state index contributed by atoms with van der Waals surface area (Å²) in [5.74, 6) is 0.670. The molecule has 0 aliphatic heterocycles. The standard InChI is InChI=1S/C131H87N7/c1-129(2)108-34-14-7-25-90(108)93-58-55-87(73-111(93)129)136-115-38-18-11-29-97(115)103-68-80(46-62-119(103)136)79-45-61-118-102(67-79)96-28-10-17-37-114(96)134(118)85-51-41-77(42-52-85)126-125-100-32-21-23-76-24-22-33-101(124(76)100)127(125)133-128(132-126)78-43-53-86(54-44-78)135-122-65-49-83(81-47-63-120-104(69-81)98-30-12-19-39-116(98)137(120)88-56-59-94-91-26-8-15-35-109(91)130(3,4)112(94)74-88)71-106(122)107-72-84(50-66-123(107)135)82-48-64-121-105(70-82)99-31-13-20-40-117(99)138(121)89-57-60-95-92-27-9-16-36-110(92)131(5,6)113(95)75-89/h7-75H,1-6H3. The Kier molecular flexibility index (Phi) is 15.6. The van der Waals surface area contributed by atoms with Gasteiger partial charge in [0.2, 0.25) is 0 Å². The number of aromatic nitrogens is 7. The zero-order valence-electron chi connectivity index (χ0n) is 77.0. The van der Waals surface area contributed by atoms with Gasteiger partial charge in [-0.05, 0) is 286 Å². The summed E-state index contributed by atoms with van der Waals surface area (Å²) in [6.45, 7) is 14.2. The van der Waals surface area contributed by atoms with E-state index in [1.54, 1.807) is 0 Å². The van der Waals surface area contributed by atoms with Gasteiger partial charge in [0.1, 0.15) is 0 Å². The lowest BCUT2D eigenvalue weighted by atomic mass is 9.82. The molecule has 0 N–H and O–H groups in total. The van der Waals surface area contributed by atoms with Gasteiger partial charge in [-0.15, -0.1) is 0 Å². The van der Waals surface area contributed by atoms with Crippen LogP contribution in [0.15, 0.2) is 419 Å². The minimum Gasteiger partial charge on any atom is -0.309 e. The average molecular weight is 1760 g/mol. The topological polar surface area (TPSA) is 50.4 Å². The number of hydrogen-bond donors (Lipinski definition) is 0. The van der Waals surface area contributed by atoms with Gasteiger partial charge in [0.25, 0.3) is 0 Å². The van der Waals surface area contributed by atoms with Gasteiger partial charge in [-0.3, -0.25) is 0 Å². The van der Waals surface area contributed by atoms with Crippen LogP contribution in [0.2, 0.25) is 0 Å². The molecule has 138 heavy (non-hydrogen) atoms. The van der Waals surface area contributed by atoms with Crippen LogP contribution in [0, 0.1) is 0 Å². The monoisotopic (exact) mass is 1760 g/mol. The molecule has 0 spiro atoms. The quantitative estimate of drug-likeness (QED) is 0.137. The fraction of sp³-hybridized carbons (Fsp3) is 0.0687. The summed E-state index contributed by atoms with van der Waals surface area (Å²) >= 11 is 0. The molecule has 0 saturated heterocycles. The zero-order valence-corrected chi connectivity index (χ0v) is 77.0. The molecular formula is C131H87N7. The van der Waals surface area contributed by atoms with Crippen molar-refractivity contribution in [2.24, 2.45) is 0 Å². The van der Waals surface area contributed by atoms with Gasteiger partial charge in [-0.2, -0.15) is 0 Å². The third-order valence-electron chi connectivity index (χ3n) is 32.1. The third-order valence-corrected chi connectivity index (χ3v) is 32.1. The SMILES string of the molecule is CC1(C)c2ccccc2-c2ccc(-n3c4ccccc4c4cc(-c5ccc6c(c5)c5ccccc5n6-c5ccc(-c6nc(-c7ccc(-n8c9ccc(-c%10ccc%11c(c%10)c%10ccccc%10n%11-c%10ccc%11c(c%10)C(C)(C)c%10ccccc%10-%11)cc9c9cc(-c%10ccc%11c(c%10)c%10ccccc%10n%11-c%10ccc%11c(c%10)C(C)(C)c%10ccccc%10-%11)ccc98)cc7)nc7c6-c6cccc8cccc-7c68)cc5)ccc43)cc21. The fourth-order valence-corrected chi connectivity index (χ4v) is 25.4. The Morgan fingerprint density at radius 2 is 0.428 bits per heavy atom. The Bertz CT molecular complexity index is 9650. The van der Waals surface area contributed by atoms with Crippen molar-refractivity contribution in [2.75, 3.05) is 0 Å². The molecule has 0 bridgehead atoms. The highest BCUT2D eigenvalue weighted by Gasteiger charge is 2.40. The van der Waals surface area contributed by atoms with E-state index in [1.807, 2.05) is 0 Å². The highest BCUT2D eigenvalue weighted by molar-refractivity contribution is 6.20. The maximum absolute atomic E-state index is 5.76. The largest absolute Gasteiger partial charge is 0.309 e. The number of rotatable bonds is 10. The van der Waals surface area contributed by atoms with Crippen LogP contribution in [-0.4, -0.2) is 32.8 Å². The summed E-state index contributed by atoms with van der Waals surface area (Å²) in [5, 5.41) is 14.5. The molecule has 0 atom stereocenters. The molecule has 20 aromatic carbocycles. The first kappa shape index (κ1) is 77.2. The summed E-state index contributed by atoms with van der Waals surface area (Å²) in [6.07, 6.45) is 0. The van der Waals surface area contributed by atoms with Crippen LogP contribution in [0.3, 0.4) is 0 Å². The molecule has 4 aliphatic carbocycles. The first-order chi connectivity index (χ1) is 67.7. The van der Waals surface area contributed by atoms with Gasteiger partial charge in [-0.25, -0.2) is 9.97 Å². The van der Waals surface area contributed by atoms with Crippen LogP contribution < -0.4 is 0 Å². The highest BCUT2D eigenvalue weighted by atomic mass is 15.0. The van der Waals surface area contributed by atoms with Crippen LogP contribution in [0.25, 0.3) is 260 Å². The van der Waals surface area contributed by atoms with E-state index >= 15 is 0 Å². The second-order valence-electron chi connectivity index (χ2n) is 40.3. The van der Waals surface area contributed by atoms with E-state index < -0.39 is 0 Å². The number of para-hydroxylation sites is 4. The first-order valence-corrected chi connectivity index (χ1v) is 48.3. The molecule has 6 aromatic heterocycles. The molecule has 30 rings (SSSR count). The van der Waals surface area contributed by atoms with E-state index in [-0.39, 0.29) is 16.2 Å². The number of benzene rings is 20. The Balaban J connectivity index is 0.527.